The van der Waals surface area contributed by atoms with E-state index >= 15 is 0 Å². The minimum atomic E-state index is -1.23. The number of hydrogen-bond acceptors (Lipinski definition) is 5. The van der Waals surface area contributed by atoms with E-state index in [0.29, 0.717) is 0 Å². The van der Waals surface area contributed by atoms with Gasteiger partial charge in [0.05, 0.1) is 25.6 Å². The number of carbonyl (C=O) groups is 4. The number of carboxylic acid groups (broad SMARTS) is 2. The second-order valence-corrected chi connectivity index (χ2v) is 4.75. The first-order chi connectivity index (χ1) is 8.90. The summed E-state index contributed by atoms with van der Waals surface area (Å²) in [6.45, 7) is -1.15. The Bertz CT molecular complexity index is 428. The lowest BCUT2D eigenvalue weighted by molar-refractivity contribution is -0.144. The van der Waals surface area contributed by atoms with Gasteiger partial charge in [-0.2, -0.15) is 0 Å². The van der Waals surface area contributed by atoms with Gasteiger partial charge in [-0.15, -0.1) is 0 Å². The molecule has 0 aromatic rings. The molecule has 2 amide bonds. The van der Waals surface area contributed by atoms with Gasteiger partial charge in [0.15, 0.2) is 0 Å². The van der Waals surface area contributed by atoms with Crippen molar-refractivity contribution < 1.29 is 29.4 Å². The van der Waals surface area contributed by atoms with Crippen molar-refractivity contribution in [2.24, 2.45) is 0 Å². The van der Waals surface area contributed by atoms with E-state index in [4.69, 9.17) is 10.2 Å². The second kappa shape index (κ2) is 4.96. The van der Waals surface area contributed by atoms with Gasteiger partial charge in [-0.1, -0.05) is 0 Å². The zero-order valence-corrected chi connectivity index (χ0v) is 10.1. The number of carboxylic acids is 2. The number of rotatable bonds is 6. The summed E-state index contributed by atoms with van der Waals surface area (Å²) in [6.07, 6.45) is 1.39. The average molecular weight is 270 g/mol. The Kier molecular flexibility index (Phi) is 3.52. The molecule has 1 aliphatic carbocycles. The van der Waals surface area contributed by atoms with Gasteiger partial charge >= 0.3 is 11.9 Å². The maximum absolute atomic E-state index is 12.1. The molecule has 104 valence electrons. The van der Waals surface area contributed by atoms with Crippen molar-refractivity contribution in [2.75, 3.05) is 13.1 Å². The molecule has 1 unspecified atom stereocenters. The molecule has 2 rings (SSSR count). The predicted molar refractivity (Wildman–Crippen MR) is 60.1 cm³/mol. The maximum atomic E-state index is 12.1. The van der Waals surface area contributed by atoms with Crippen LogP contribution in [0.25, 0.3) is 0 Å². The van der Waals surface area contributed by atoms with Crippen LogP contribution in [0.3, 0.4) is 0 Å². The van der Waals surface area contributed by atoms with Crippen molar-refractivity contribution in [1.82, 2.24) is 9.80 Å². The maximum Gasteiger partial charge on any atom is 0.317 e. The van der Waals surface area contributed by atoms with Crippen LogP contribution in [0.1, 0.15) is 19.3 Å². The van der Waals surface area contributed by atoms with Crippen molar-refractivity contribution in [2.45, 2.75) is 31.3 Å². The molecule has 1 aliphatic heterocycles. The normalized spacial score (nSPS) is 23.2. The molecule has 0 aromatic carbocycles. The van der Waals surface area contributed by atoms with Crippen LogP contribution in [0, 0.1) is 0 Å². The van der Waals surface area contributed by atoms with E-state index in [1.807, 2.05) is 0 Å². The summed E-state index contributed by atoms with van der Waals surface area (Å²) in [5, 5.41) is 17.5. The number of aliphatic carboxylic acids is 2. The second-order valence-electron chi connectivity index (χ2n) is 4.75. The van der Waals surface area contributed by atoms with Gasteiger partial charge in [0.1, 0.15) is 0 Å². The van der Waals surface area contributed by atoms with Gasteiger partial charge < -0.3 is 10.2 Å². The highest BCUT2D eigenvalue weighted by atomic mass is 16.4. The van der Waals surface area contributed by atoms with Crippen LogP contribution in [0.5, 0.6) is 0 Å². The van der Waals surface area contributed by atoms with Gasteiger partial charge in [0.25, 0.3) is 0 Å². The van der Waals surface area contributed by atoms with Crippen LogP contribution >= 0.6 is 0 Å². The van der Waals surface area contributed by atoms with Crippen LogP contribution in [-0.2, 0) is 19.2 Å². The molecule has 2 fully saturated rings. The Morgan fingerprint density at radius 3 is 2.11 bits per heavy atom. The molecule has 2 aliphatic rings. The van der Waals surface area contributed by atoms with Crippen LogP contribution in [-0.4, -0.2) is 68.9 Å². The first-order valence-electron chi connectivity index (χ1n) is 5.93. The first kappa shape index (κ1) is 13.5. The zero-order chi connectivity index (χ0) is 14.2. The lowest BCUT2D eigenvalue weighted by Gasteiger charge is -2.23. The summed E-state index contributed by atoms with van der Waals surface area (Å²) in [5.74, 6) is -3.29. The quantitative estimate of drug-likeness (QED) is 0.579. The van der Waals surface area contributed by atoms with Gasteiger partial charge in [0.2, 0.25) is 11.8 Å². The Labute approximate surface area is 108 Å². The molecule has 0 aromatic heterocycles. The molecule has 1 saturated heterocycles. The minimum absolute atomic E-state index is 0.0819. The van der Waals surface area contributed by atoms with Crippen LogP contribution < -0.4 is 0 Å². The van der Waals surface area contributed by atoms with Crippen molar-refractivity contribution in [3.05, 3.63) is 0 Å². The van der Waals surface area contributed by atoms with Crippen molar-refractivity contribution in [3.8, 4) is 0 Å². The van der Waals surface area contributed by atoms with E-state index in [1.54, 1.807) is 0 Å². The number of hydrogen-bond donors (Lipinski definition) is 2. The zero-order valence-electron chi connectivity index (χ0n) is 10.1. The van der Waals surface area contributed by atoms with E-state index < -0.39 is 37.0 Å². The van der Waals surface area contributed by atoms with Gasteiger partial charge in [-0.3, -0.25) is 29.0 Å². The molecule has 8 nitrogen and oxygen atoms in total. The molecule has 2 N–H and O–H groups in total. The number of imide groups is 1. The lowest BCUT2D eigenvalue weighted by Crippen LogP contribution is -2.47. The third-order valence-corrected chi connectivity index (χ3v) is 3.19. The highest BCUT2D eigenvalue weighted by molar-refractivity contribution is 6.06. The number of carbonyl (C=O) groups excluding carboxylic acids is 2. The number of nitrogens with zero attached hydrogens (tertiary/aromatic N) is 2. The van der Waals surface area contributed by atoms with Crippen molar-refractivity contribution >= 4 is 23.8 Å². The van der Waals surface area contributed by atoms with Gasteiger partial charge in [-0.05, 0) is 12.8 Å². The summed E-state index contributed by atoms with van der Waals surface area (Å²) in [4.78, 5) is 47.4. The molecular formula is C11H14N2O6. The predicted octanol–water partition coefficient (Wildman–Crippen LogP) is -1.25. The molecule has 19 heavy (non-hydrogen) atoms. The van der Waals surface area contributed by atoms with Gasteiger partial charge in [0, 0.05) is 6.04 Å². The number of likely N-dealkylation sites (tertiary alicyclic amines) is 1. The average Bonchev–Trinajstić information content (AvgIpc) is 3.04. The fourth-order valence-corrected chi connectivity index (χ4v) is 2.26. The SMILES string of the molecule is O=C(O)CN(CC(=O)O)C1CC(=O)N(C2CC2)C1=O. The molecule has 1 saturated carbocycles. The monoisotopic (exact) mass is 270 g/mol. The molecule has 0 bridgehead atoms. The van der Waals surface area contributed by atoms with E-state index in [0.717, 1.165) is 22.6 Å². The van der Waals surface area contributed by atoms with E-state index in [-0.39, 0.29) is 18.4 Å². The van der Waals surface area contributed by atoms with E-state index in [2.05, 4.69) is 0 Å². The summed E-state index contributed by atoms with van der Waals surface area (Å²) in [6, 6.07) is -1.05. The smallest absolute Gasteiger partial charge is 0.317 e. The standard InChI is InChI=1S/C11H14N2O6/c14-8-3-7(11(19)13(8)6-1-2-6)12(4-9(15)16)5-10(17)18/h6-7H,1-5H2,(H,15,16)(H,17,18). The summed E-state index contributed by atoms with van der Waals surface area (Å²) in [7, 11) is 0. The molecule has 0 radical (unpaired) electrons. The molecule has 1 atom stereocenters. The minimum Gasteiger partial charge on any atom is -0.480 e. The lowest BCUT2D eigenvalue weighted by atomic mass is 10.2. The Morgan fingerprint density at radius 2 is 1.68 bits per heavy atom. The largest absolute Gasteiger partial charge is 0.480 e. The van der Waals surface area contributed by atoms with Gasteiger partial charge in [-0.25, -0.2) is 0 Å². The molecule has 0 spiro atoms. The molecule has 1 heterocycles. The number of amides is 2. The van der Waals surface area contributed by atoms with E-state index in [1.165, 1.54) is 0 Å². The van der Waals surface area contributed by atoms with Crippen molar-refractivity contribution in [3.63, 3.8) is 0 Å². The van der Waals surface area contributed by atoms with Crippen LogP contribution in [0.15, 0.2) is 0 Å². The Morgan fingerprint density at radius 1 is 1.16 bits per heavy atom. The van der Waals surface area contributed by atoms with Crippen LogP contribution in [0.2, 0.25) is 0 Å². The summed E-state index contributed by atoms with van der Waals surface area (Å²) in [5.41, 5.74) is 0. The summed E-state index contributed by atoms with van der Waals surface area (Å²) < 4.78 is 0. The molecule has 8 heteroatoms. The van der Waals surface area contributed by atoms with Crippen molar-refractivity contribution in [1.29, 1.82) is 0 Å². The Balaban J connectivity index is 2.12. The van der Waals surface area contributed by atoms with E-state index in [9.17, 15) is 19.2 Å². The topological polar surface area (TPSA) is 115 Å². The highest BCUT2D eigenvalue weighted by Gasteiger charge is 2.48. The first-order valence-corrected chi connectivity index (χ1v) is 5.93. The fraction of sp³-hybridized carbons (Fsp3) is 0.636. The highest BCUT2D eigenvalue weighted by Crippen LogP contribution is 2.32. The fourth-order valence-electron chi connectivity index (χ4n) is 2.26. The van der Waals surface area contributed by atoms with Crippen LogP contribution in [0.4, 0.5) is 0 Å². The third-order valence-electron chi connectivity index (χ3n) is 3.19. The third kappa shape index (κ3) is 2.90. The Hall–Kier alpha value is -1.96. The summed E-state index contributed by atoms with van der Waals surface area (Å²) >= 11 is 0. The molecular weight excluding hydrogens is 256 g/mol.